The van der Waals surface area contributed by atoms with Crippen LogP contribution in [0.1, 0.15) is 17.2 Å². The van der Waals surface area contributed by atoms with Gasteiger partial charge in [-0.05, 0) is 35.4 Å². The highest BCUT2D eigenvalue weighted by atomic mass is 19.4. The lowest BCUT2D eigenvalue weighted by Crippen LogP contribution is -2.51. The third-order valence-corrected chi connectivity index (χ3v) is 6.09. The van der Waals surface area contributed by atoms with Crippen molar-refractivity contribution in [1.29, 1.82) is 0 Å². The van der Waals surface area contributed by atoms with Gasteiger partial charge in [0, 0.05) is 26.2 Å². The van der Waals surface area contributed by atoms with Crippen molar-refractivity contribution in [2.24, 2.45) is 0 Å². The van der Waals surface area contributed by atoms with E-state index in [-0.39, 0.29) is 49.2 Å². The van der Waals surface area contributed by atoms with Crippen LogP contribution in [0.15, 0.2) is 36.4 Å². The van der Waals surface area contributed by atoms with E-state index in [1.165, 1.54) is 36.4 Å². The summed E-state index contributed by atoms with van der Waals surface area (Å²) in [5.74, 6) is -1.00. The normalized spacial score (nSPS) is 20.2. The van der Waals surface area contributed by atoms with Gasteiger partial charge >= 0.3 is 24.9 Å². The van der Waals surface area contributed by atoms with Crippen molar-refractivity contribution >= 4 is 12.4 Å². The van der Waals surface area contributed by atoms with E-state index in [1.54, 1.807) is 4.90 Å². The fraction of sp³-hybridized carbons (Fsp3) is 0.391. The molecule has 1 unspecified atom stereocenters. The molecule has 39 heavy (non-hydrogen) atoms. The first kappa shape index (κ1) is 26.6. The van der Waals surface area contributed by atoms with E-state index in [9.17, 15) is 40.3 Å². The molecule has 1 fully saturated rings. The number of benzene rings is 2. The zero-order valence-corrected chi connectivity index (χ0v) is 19.4. The summed E-state index contributed by atoms with van der Waals surface area (Å²) in [7, 11) is 0. The molecule has 3 heterocycles. The molecule has 5 rings (SSSR count). The monoisotopic (exact) mass is 566 g/mol. The molecule has 1 atom stereocenters. The average molecular weight is 566 g/mol. The zero-order valence-electron chi connectivity index (χ0n) is 19.4. The van der Waals surface area contributed by atoms with E-state index in [2.05, 4.69) is 23.7 Å². The lowest BCUT2D eigenvalue weighted by Gasteiger charge is -2.39. The predicted molar refractivity (Wildman–Crippen MR) is 113 cm³/mol. The molecule has 3 aliphatic heterocycles. The minimum absolute atomic E-state index is 0.0345. The molecule has 210 valence electrons. The molecule has 16 heteroatoms. The SMILES string of the molecule is O=CC(OC(=O)N1CCN(C(c2ccc3c(c2)OC(F)(F)O3)c2ccc3c(c2)OC(F)(F)O3)CC1)C(F)(F)F. The summed E-state index contributed by atoms with van der Waals surface area (Å²) in [5.41, 5.74) is 0.740. The lowest BCUT2D eigenvalue weighted by molar-refractivity contribution is -0.287. The Labute approximate surface area is 214 Å². The van der Waals surface area contributed by atoms with Crippen LogP contribution >= 0.6 is 0 Å². The fourth-order valence-electron chi connectivity index (χ4n) is 4.40. The maximum Gasteiger partial charge on any atom is 0.586 e. The Bertz CT molecular complexity index is 1210. The van der Waals surface area contributed by atoms with Crippen LogP contribution in [0.25, 0.3) is 0 Å². The number of ether oxygens (including phenoxy) is 5. The highest BCUT2D eigenvalue weighted by molar-refractivity contribution is 5.71. The van der Waals surface area contributed by atoms with Crippen molar-refractivity contribution in [3.8, 4) is 23.0 Å². The van der Waals surface area contributed by atoms with Gasteiger partial charge in [-0.15, -0.1) is 17.6 Å². The van der Waals surface area contributed by atoms with Crippen LogP contribution in [0, 0.1) is 0 Å². The minimum atomic E-state index is -5.07. The van der Waals surface area contributed by atoms with E-state index in [4.69, 9.17) is 0 Å². The smallest absolute Gasteiger partial charge is 0.429 e. The molecule has 0 N–H and O–H groups in total. The van der Waals surface area contributed by atoms with Crippen molar-refractivity contribution < 1.29 is 64.0 Å². The second-order valence-electron chi connectivity index (χ2n) is 8.65. The molecular formula is C23H17F7N2O7. The van der Waals surface area contributed by atoms with Gasteiger partial charge in [-0.25, -0.2) is 4.79 Å². The van der Waals surface area contributed by atoms with Crippen LogP contribution in [-0.4, -0.2) is 73.2 Å². The van der Waals surface area contributed by atoms with E-state index < -0.39 is 43.3 Å². The van der Waals surface area contributed by atoms with Gasteiger partial charge in [0.05, 0.1) is 6.04 Å². The number of alkyl halides is 7. The topological polar surface area (TPSA) is 86.8 Å². The van der Waals surface area contributed by atoms with Gasteiger partial charge in [0.1, 0.15) is 0 Å². The number of halogens is 7. The van der Waals surface area contributed by atoms with Crippen molar-refractivity contribution in [2.45, 2.75) is 30.9 Å². The summed E-state index contributed by atoms with van der Waals surface area (Å²) in [6.07, 6.45) is -17.6. The quantitative estimate of drug-likeness (QED) is 0.391. The number of carbonyl (C=O) groups is 2. The zero-order chi connectivity index (χ0) is 28.2. The van der Waals surface area contributed by atoms with Gasteiger partial charge in [0.2, 0.25) is 0 Å². The number of rotatable bonds is 5. The molecule has 1 amide bonds. The third kappa shape index (κ3) is 5.46. The van der Waals surface area contributed by atoms with Crippen molar-refractivity contribution in [3.05, 3.63) is 47.5 Å². The molecule has 1 saturated heterocycles. The molecule has 3 aliphatic rings. The number of hydrogen-bond donors (Lipinski definition) is 0. The maximum absolute atomic E-state index is 13.6. The molecule has 0 bridgehead atoms. The van der Waals surface area contributed by atoms with Crippen molar-refractivity contribution in [3.63, 3.8) is 0 Å². The molecular weight excluding hydrogens is 549 g/mol. The molecule has 0 saturated carbocycles. The van der Waals surface area contributed by atoms with E-state index in [0.29, 0.717) is 11.1 Å². The highest BCUT2D eigenvalue weighted by Gasteiger charge is 2.46. The molecule has 9 nitrogen and oxygen atoms in total. The lowest BCUT2D eigenvalue weighted by atomic mass is 9.95. The molecule has 0 radical (unpaired) electrons. The first-order valence-corrected chi connectivity index (χ1v) is 11.3. The minimum Gasteiger partial charge on any atom is -0.429 e. The first-order valence-electron chi connectivity index (χ1n) is 11.3. The van der Waals surface area contributed by atoms with Gasteiger partial charge < -0.3 is 28.6 Å². The Morgan fingerprint density at radius 2 is 1.28 bits per heavy atom. The summed E-state index contributed by atoms with van der Waals surface area (Å²) in [5, 5.41) is 0. The van der Waals surface area contributed by atoms with Crippen LogP contribution in [0.5, 0.6) is 23.0 Å². The van der Waals surface area contributed by atoms with Crippen LogP contribution in [-0.2, 0) is 9.53 Å². The van der Waals surface area contributed by atoms with Gasteiger partial charge in [-0.1, -0.05) is 12.1 Å². The Kier molecular flexibility index (Phi) is 6.39. The second-order valence-corrected chi connectivity index (χ2v) is 8.65. The average Bonchev–Trinajstić information content (AvgIpc) is 3.33. The first-order chi connectivity index (χ1) is 18.2. The maximum atomic E-state index is 13.6. The number of carbonyl (C=O) groups excluding carboxylic acids is 2. The summed E-state index contributed by atoms with van der Waals surface area (Å²) in [4.78, 5) is 25.6. The highest BCUT2D eigenvalue weighted by Crippen LogP contribution is 2.46. The Morgan fingerprint density at radius 3 is 1.72 bits per heavy atom. The number of aldehydes is 1. The Balaban J connectivity index is 1.39. The second kappa shape index (κ2) is 9.36. The van der Waals surface area contributed by atoms with Gasteiger partial charge in [0.15, 0.2) is 29.3 Å². The van der Waals surface area contributed by atoms with Gasteiger partial charge in [0.25, 0.3) is 6.10 Å². The number of piperazine rings is 1. The molecule has 0 aromatic heterocycles. The number of fused-ring (bicyclic) bond motifs is 2. The van der Waals surface area contributed by atoms with Crippen molar-refractivity contribution in [2.75, 3.05) is 26.2 Å². The van der Waals surface area contributed by atoms with Gasteiger partial charge in [-0.3, -0.25) is 9.69 Å². The van der Waals surface area contributed by atoms with E-state index in [0.717, 1.165) is 4.90 Å². The fourth-order valence-corrected chi connectivity index (χ4v) is 4.40. The summed E-state index contributed by atoms with van der Waals surface area (Å²) in [6.45, 7) is -0.201. The Morgan fingerprint density at radius 1 is 0.821 bits per heavy atom. The Hall–Kier alpha value is -3.95. The van der Waals surface area contributed by atoms with Crippen LogP contribution in [0.4, 0.5) is 35.5 Å². The number of hydrogen-bond acceptors (Lipinski definition) is 8. The van der Waals surface area contributed by atoms with Crippen LogP contribution in [0.2, 0.25) is 0 Å². The van der Waals surface area contributed by atoms with Gasteiger partial charge in [-0.2, -0.15) is 13.2 Å². The number of nitrogens with zero attached hydrogens (tertiary/aromatic N) is 2. The molecule has 2 aromatic rings. The number of amides is 1. The van der Waals surface area contributed by atoms with Crippen molar-refractivity contribution in [1.82, 2.24) is 9.80 Å². The molecule has 0 aliphatic carbocycles. The van der Waals surface area contributed by atoms with Crippen LogP contribution in [0.3, 0.4) is 0 Å². The summed E-state index contributed by atoms with van der Waals surface area (Å²) >= 11 is 0. The standard InChI is InChI=1S/C23H17F7N2O7/c24-21(25,26)18(11-33)35-20(34)32-7-5-31(6-8-32)19(12-1-3-14-16(9-12)38-22(27,28)36-14)13-2-4-15-17(10-13)39-23(29,30)37-15/h1-4,9-11,18-19H,5-8H2. The summed E-state index contributed by atoms with van der Waals surface area (Å²) < 4.78 is 115. The third-order valence-electron chi connectivity index (χ3n) is 6.09. The largest absolute Gasteiger partial charge is 0.586 e. The molecule has 2 aromatic carbocycles. The van der Waals surface area contributed by atoms with E-state index >= 15 is 0 Å². The van der Waals surface area contributed by atoms with E-state index in [1.807, 2.05) is 0 Å². The summed E-state index contributed by atoms with van der Waals surface area (Å²) in [6, 6.07) is 7.14. The predicted octanol–water partition coefficient (Wildman–Crippen LogP) is 4.30. The van der Waals surface area contributed by atoms with Crippen LogP contribution < -0.4 is 18.9 Å². The molecule has 0 spiro atoms.